The predicted molar refractivity (Wildman–Crippen MR) is 65.9 cm³/mol. The molecule has 1 heterocycles. The second-order valence-corrected chi connectivity index (χ2v) is 4.61. The maximum absolute atomic E-state index is 11.5. The van der Waals surface area contributed by atoms with E-state index in [-0.39, 0.29) is 32.7 Å². The second kappa shape index (κ2) is 6.53. The molecule has 1 rings (SSSR count). The van der Waals surface area contributed by atoms with Gasteiger partial charge >= 0.3 is 12.1 Å². The molecule has 2 unspecified atom stereocenters. The van der Waals surface area contributed by atoms with Crippen LogP contribution in [-0.2, 0) is 9.53 Å². The van der Waals surface area contributed by atoms with E-state index in [9.17, 15) is 19.8 Å². The van der Waals surface area contributed by atoms with E-state index in [1.165, 1.54) is 6.08 Å². The fraction of sp³-hybridized carbons (Fsp3) is 0.667. The number of amides is 1. The molecule has 108 valence electrons. The zero-order valence-electron chi connectivity index (χ0n) is 10.6. The van der Waals surface area contributed by atoms with Gasteiger partial charge < -0.3 is 25.0 Å². The van der Waals surface area contributed by atoms with Crippen LogP contribution in [0.15, 0.2) is 12.7 Å². The molecule has 1 aliphatic heterocycles. The van der Waals surface area contributed by atoms with Gasteiger partial charge in [0.05, 0.1) is 19.3 Å². The minimum Gasteiger partial charge on any atom is -0.481 e. The standard InChI is InChI=1S/C12H19NO6/c1-2-6-19-7-9(14)12(10(15)16)4-3-5-13(8-12)11(17)18/h2,9,14H,1,3-8H2,(H,15,16)(H,17,18). The number of carbonyl (C=O) groups is 2. The zero-order valence-corrected chi connectivity index (χ0v) is 10.6. The smallest absolute Gasteiger partial charge is 0.407 e. The van der Waals surface area contributed by atoms with Crippen LogP contribution in [0.25, 0.3) is 0 Å². The molecule has 0 aromatic rings. The summed E-state index contributed by atoms with van der Waals surface area (Å²) in [5, 5.41) is 28.4. The highest BCUT2D eigenvalue weighted by Gasteiger charge is 2.49. The number of aliphatic hydroxyl groups is 1. The quantitative estimate of drug-likeness (QED) is 0.477. The van der Waals surface area contributed by atoms with Gasteiger partial charge in [0.15, 0.2) is 0 Å². The van der Waals surface area contributed by atoms with Crippen LogP contribution < -0.4 is 0 Å². The van der Waals surface area contributed by atoms with Crippen molar-refractivity contribution in [3.8, 4) is 0 Å². The monoisotopic (exact) mass is 273 g/mol. The van der Waals surface area contributed by atoms with Crippen molar-refractivity contribution in [2.45, 2.75) is 18.9 Å². The average molecular weight is 273 g/mol. The molecular weight excluding hydrogens is 254 g/mol. The minimum atomic E-state index is -1.50. The minimum absolute atomic E-state index is 0.161. The van der Waals surface area contributed by atoms with Gasteiger partial charge in [-0.3, -0.25) is 4.79 Å². The fourth-order valence-corrected chi connectivity index (χ4v) is 2.26. The van der Waals surface area contributed by atoms with Gasteiger partial charge in [-0.05, 0) is 12.8 Å². The Kier molecular flexibility index (Phi) is 5.31. The lowest BCUT2D eigenvalue weighted by atomic mass is 9.75. The van der Waals surface area contributed by atoms with E-state index in [2.05, 4.69) is 6.58 Å². The van der Waals surface area contributed by atoms with Crippen LogP contribution >= 0.6 is 0 Å². The summed E-state index contributed by atoms with van der Waals surface area (Å²) in [4.78, 5) is 23.4. The molecule has 0 aromatic heterocycles. The third-order valence-corrected chi connectivity index (χ3v) is 3.37. The number of hydrogen-bond acceptors (Lipinski definition) is 4. The van der Waals surface area contributed by atoms with E-state index in [4.69, 9.17) is 9.84 Å². The second-order valence-electron chi connectivity index (χ2n) is 4.61. The first kappa shape index (κ1) is 15.5. The molecule has 1 saturated heterocycles. The average Bonchev–Trinajstić information content (AvgIpc) is 2.38. The summed E-state index contributed by atoms with van der Waals surface area (Å²) in [5.41, 5.74) is -1.50. The first-order chi connectivity index (χ1) is 8.94. The molecule has 7 heteroatoms. The number of likely N-dealkylation sites (tertiary alicyclic amines) is 1. The first-order valence-corrected chi connectivity index (χ1v) is 6.02. The summed E-state index contributed by atoms with van der Waals surface area (Å²) in [6.07, 6.45) is -0.316. The topological polar surface area (TPSA) is 107 Å². The Bertz CT molecular complexity index is 358. The Balaban J connectivity index is 2.81. The van der Waals surface area contributed by atoms with Gasteiger partial charge in [0, 0.05) is 13.1 Å². The zero-order chi connectivity index (χ0) is 14.5. The molecule has 3 N–H and O–H groups in total. The van der Waals surface area contributed by atoms with Crippen LogP contribution in [0.3, 0.4) is 0 Å². The summed E-state index contributed by atoms with van der Waals surface area (Å²) >= 11 is 0. The number of carboxylic acid groups (broad SMARTS) is 2. The maximum Gasteiger partial charge on any atom is 0.407 e. The van der Waals surface area contributed by atoms with E-state index >= 15 is 0 Å². The normalized spacial score (nSPS) is 24.8. The van der Waals surface area contributed by atoms with Gasteiger partial charge in [-0.25, -0.2) is 4.79 Å². The molecule has 1 amide bonds. The van der Waals surface area contributed by atoms with Crippen molar-refractivity contribution in [1.29, 1.82) is 0 Å². The van der Waals surface area contributed by atoms with Gasteiger partial charge in [-0.2, -0.15) is 0 Å². The molecule has 19 heavy (non-hydrogen) atoms. The van der Waals surface area contributed by atoms with Crippen LogP contribution in [0.1, 0.15) is 12.8 Å². The molecule has 0 bridgehead atoms. The number of carboxylic acids is 1. The number of rotatable bonds is 6. The van der Waals surface area contributed by atoms with Crippen molar-refractivity contribution in [3.05, 3.63) is 12.7 Å². The number of aliphatic carboxylic acids is 1. The number of aliphatic hydroxyl groups excluding tert-OH is 1. The number of hydrogen-bond donors (Lipinski definition) is 3. The van der Waals surface area contributed by atoms with E-state index in [0.29, 0.717) is 6.42 Å². The van der Waals surface area contributed by atoms with Crippen LogP contribution in [0.5, 0.6) is 0 Å². The van der Waals surface area contributed by atoms with E-state index in [1.54, 1.807) is 0 Å². The summed E-state index contributed by atoms with van der Waals surface area (Å²) < 4.78 is 5.07. The first-order valence-electron chi connectivity index (χ1n) is 6.02. The summed E-state index contributed by atoms with van der Waals surface area (Å²) in [5.74, 6) is -1.20. The van der Waals surface area contributed by atoms with Crippen LogP contribution in [0.2, 0.25) is 0 Å². The highest BCUT2D eigenvalue weighted by molar-refractivity contribution is 5.77. The van der Waals surface area contributed by atoms with Crippen molar-refractivity contribution < 1.29 is 29.6 Å². The summed E-state index contributed by atoms with van der Waals surface area (Å²) in [7, 11) is 0. The SMILES string of the molecule is C=CCOCC(O)C1(C(=O)O)CCCN(C(=O)O)C1. The lowest BCUT2D eigenvalue weighted by Gasteiger charge is -2.41. The highest BCUT2D eigenvalue weighted by Crippen LogP contribution is 2.34. The number of piperidine rings is 1. The molecule has 1 aliphatic rings. The van der Waals surface area contributed by atoms with Crippen LogP contribution in [0.4, 0.5) is 4.79 Å². The van der Waals surface area contributed by atoms with Crippen molar-refractivity contribution in [2.75, 3.05) is 26.3 Å². The Labute approximate surface area is 111 Å². The predicted octanol–water partition coefficient (Wildman–Crippen LogP) is 0.395. The van der Waals surface area contributed by atoms with E-state index in [0.717, 1.165) is 4.90 Å². The van der Waals surface area contributed by atoms with Gasteiger partial charge in [0.25, 0.3) is 0 Å². The Morgan fingerprint density at radius 3 is 2.68 bits per heavy atom. The van der Waals surface area contributed by atoms with Gasteiger partial charge in [0.2, 0.25) is 0 Å². The Hall–Kier alpha value is -1.60. The van der Waals surface area contributed by atoms with Crippen molar-refractivity contribution >= 4 is 12.1 Å². The maximum atomic E-state index is 11.5. The molecule has 0 aromatic carbocycles. The fourth-order valence-electron chi connectivity index (χ4n) is 2.26. The van der Waals surface area contributed by atoms with Gasteiger partial charge in [-0.15, -0.1) is 6.58 Å². The van der Waals surface area contributed by atoms with Crippen LogP contribution in [0, 0.1) is 5.41 Å². The summed E-state index contributed by atoms with van der Waals surface area (Å²) in [6, 6.07) is 0. The molecule has 0 radical (unpaired) electrons. The van der Waals surface area contributed by atoms with E-state index < -0.39 is 23.6 Å². The molecule has 2 atom stereocenters. The van der Waals surface area contributed by atoms with Gasteiger partial charge in [0.1, 0.15) is 5.41 Å². The van der Waals surface area contributed by atoms with Crippen molar-refractivity contribution in [2.24, 2.45) is 5.41 Å². The Morgan fingerprint density at radius 1 is 1.47 bits per heavy atom. The van der Waals surface area contributed by atoms with Crippen molar-refractivity contribution in [3.63, 3.8) is 0 Å². The number of nitrogens with zero attached hydrogens (tertiary/aromatic N) is 1. The third kappa shape index (κ3) is 3.45. The Morgan fingerprint density at radius 2 is 2.16 bits per heavy atom. The van der Waals surface area contributed by atoms with Gasteiger partial charge in [-0.1, -0.05) is 6.08 Å². The number of ether oxygens (including phenoxy) is 1. The summed E-state index contributed by atoms with van der Waals surface area (Å²) in [6.45, 7) is 3.55. The lowest BCUT2D eigenvalue weighted by Crippen LogP contribution is -2.56. The van der Waals surface area contributed by atoms with Crippen molar-refractivity contribution in [1.82, 2.24) is 4.90 Å². The lowest BCUT2D eigenvalue weighted by molar-refractivity contribution is -0.165. The highest BCUT2D eigenvalue weighted by atomic mass is 16.5. The van der Waals surface area contributed by atoms with Crippen LogP contribution in [-0.4, -0.2) is 64.7 Å². The van der Waals surface area contributed by atoms with E-state index in [1.807, 2.05) is 0 Å². The third-order valence-electron chi connectivity index (χ3n) is 3.37. The molecule has 7 nitrogen and oxygen atoms in total. The molecule has 0 aliphatic carbocycles. The molecule has 1 fully saturated rings. The molecule has 0 saturated carbocycles. The largest absolute Gasteiger partial charge is 0.481 e. The molecule has 0 spiro atoms. The molecular formula is C12H19NO6.